The van der Waals surface area contributed by atoms with E-state index in [2.05, 4.69) is 0 Å². The normalized spacial score (nSPS) is 27.8. The van der Waals surface area contributed by atoms with Gasteiger partial charge in [0.1, 0.15) is 6.54 Å². The number of likely N-dealkylation sites (tertiary alicyclic amines) is 1. The second-order valence-electron chi connectivity index (χ2n) is 7.54. The number of nitrogens with zero attached hydrogens (tertiary/aromatic N) is 2. The van der Waals surface area contributed by atoms with Crippen LogP contribution in [0.3, 0.4) is 0 Å². The number of benzene rings is 1. The fraction of sp³-hybridized carbons (Fsp3) is 0.474. The number of ketones is 1. The van der Waals surface area contributed by atoms with Gasteiger partial charge in [-0.1, -0.05) is 12.1 Å². The zero-order valence-electron chi connectivity index (χ0n) is 14.9. The molecular weight excluding hydrogens is 368 g/mol. The molecule has 0 unspecified atom stereocenters. The Morgan fingerprint density at radius 3 is 2.39 bits per heavy atom. The van der Waals surface area contributed by atoms with E-state index < -0.39 is 29.8 Å². The minimum atomic E-state index is -0.854. The van der Waals surface area contributed by atoms with Crippen LogP contribution >= 0.6 is 0 Å². The summed E-state index contributed by atoms with van der Waals surface area (Å²) in [7, 11) is 0. The van der Waals surface area contributed by atoms with Crippen LogP contribution in [0, 0.1) is 33.8 Å². The monoisotopic (exact) mass is 386 g/mol. The van der Waals surface area contributed by atoms with Crippen molar-refractivity contribution in [2.24, 2.45) is 23.7 Å². The van der Waals surface area contributed by atoms with Gasteiger partial charge in [-0.2, -0.15) is 0 Å². The van der Waals surface area contributed by atoms with Crippen molar-refractivity contribution in [3.63, 3.8) is 0 Å². The molecule has 0 radical (unpaired) electrons. The fourth-order valence-corrected chi connectivity index (χ4v) is 4.82. The summed E-state index contributed by atoms with van der Waals surface area (Å²) in [5.41, 5.74) is -0.201. The van der Waals surface area contributed by atoms with Gasteiger partial charge in [0, 0.05) is 17.7 Å². The van der Waals surface area contributed by atoms with E-state index in [1.165, 1.54) is 18.2 Å². The summed E-state index contributed by atoms with van der Waals surface area (Å²) >= 11 is 0. The van der Waals surface area contributed by atoms with Crippen LogP contribution in [0.25, 0.3) is 0 Å². The lowest BCUT2D eigenvalue weighted by atomic mass is 9.81. The van der Waals surface area contributed by atoms with Crippen LogP contribution in [-0.4, -0.2) is 46.5 Å². The largest absolute Gasteiger partial charge is 0.456 e. The molecule has 2 bridgehead atoms. The Hall–Kier alpha value is -3.10. The van der Waals surface area contributed by atoms with Crippen LogP contribution in [-0.2, 0) is 19.1 Å². The number of nitro benzene ring substituents is 1. The van der Waals surface area contributed by atoms with Crippen molar-refractivity contribution in [3.05, 3.63) is 39.9 Å². The highest BCUT2D eigenvalue weighted by Gasteiger charge is 2.61. The van der Waals surface area contributed by atoms with Gasteiger partial charge in [0.15, 0.2) is 6.61 Å². The first-order chi connectivity index (χ1) is 13.4. The Labute approximate surface area is 159 Å². The van der Waals surface area contributed by atoms with Crippen molar-refractivity contribution in [3.8, 4) is 0 Å². The van der Waals surface area contributed by atoms with Crippen LogP contribution in [0.2, 0.25) is 0 Å². The van der Waals surface area contributed by atoms with Gasteiger partial charge in [-0.15, -0.1) is 0 Å². The van der Waals surface area contributed by atoms with Crippen molar-refractivity contribution in [2.45, 2.75) is 19.3 Å². The van der Waals surface area contributed by atoms with Crippen molar-refractivity contribution in [1.29, 1.82) is 0 Å². The van der Waals surface area contributed by atoms with E-state index in [0.29, 0.717) is 0 Å². The molecule has 28 heavy (non-hydrogen) atoms. The topological polar surface area (TPSA) is 124 Å². The molecule has 2 amide bonds. The molecule has 4 atom stereocenters. The molecule has 0 aromatic heterocycles. The lowest BCUT2D eigenvalue weighted by Gasteiger charge is -2.19. The third kappa shape index (κ3) is 2.96. The molecule has 1 saturated heterocycles. The number of non-ortho nitro benzene ring substituents is 1. The number of carbonyl (C=O) groups excluding carboxylic acids is 4. The van der Waals surface area contributed by atoms with Gasteiger partial charge in [0.05, 0.1) is 16.8 Å². The SMILES string of the molecule is O=C(CN1C(=O)[C@@H]2[C@H]3CC[C@@H](C3)[C@@H]2C1=O)OCC(=O)c1cccc([N+](=O)[O-])c1. The molecule has 0 N–H and O–H groups in total. The molecule has 146 valence electrons. The Bertz CT molecular complexity index is 868. The highest BCUT2D eigenvalue weighted by molar-refractivity contribution is 6.08. The molecule has 9 nitrogen and oxygen atoms in total. The molecule has 9 heteroatoms. The van der Waals surface area contributed by atoms with Gasteiger partial charge >= 0.3 is 5.97 Å². The maximum atomic E-state index is 12.6. The molecule has 2 aliphatic carbocycles. The summed E-state index contributed by atoms with van der Waals surface area (Å²) in [5.74, 6) is -2.27. The number of ether oxygens (including phenoxy) is 1. The van der Waals surface area contributed by atoms with Crippen LogP contribution in [0.15, 0.2) is 24.3 Å². The number of fused-ring (bicyclic) bond motifs is 5. The number of Topliss-reactive ketones (excluding diaryl/α,β-unsaturated/α-hetero) is 1. The standard InChI is InChI=1S/C19H18N2O7/c22-14(10-2-1-3-13(7-10)21(26)27)9-28-15(23)8-20-18(24)16-11-4-5-12(6-11)17(16)19(20)25/h1-3,7,11-12,16-17H,4-6,8-9H2/t11-,12-,16-,17+/m0/s1. The van der Waals surface area contributed by atoms with Gasteiger partial charge in [0.25, 0.3) is 5.69 Å². The number of rotatable bonds is 6. The number of nitro groups is 1. The minimum Gasteiger partial charge on any atom is -0.456 e. The minimum absolute atomic E-state index is 0.0430. The van der Waals surface area contributed by atoms with E-state index in [1.54, 1.807) is 0 Å². The van der Waals surface area contributed by atoms with Gasteiger partial charge in [-0.25, -0.2) is 0 Å². The van der Waals surface area contributed by atoms with E-state index in [0.717, 1.165) is 30.2 Å². The zero-order chi connectivity index (χ0) is 20.0. The zero-order valence-corrected chi connectivity index (χ0v) is 14.9. The summed E-state index contributed by atoms with van der Waals surface area (Å²) < 4.78 is 4.90. The van der Waals surface area contributed by atoms with E-state index in [9.17, 15) is 29.3 Å². The van der Waals surface area contributed by atoms with Crippen LogP contribution in [0.4, 0.5) is 5.69 Å². The first-order valence-electron chi connectivity index (χ1n) is 9.15. The second-order valence-corrected chi connectivity index (χ2v) is 7.54. The van der Waals surface area contributed by atoms with E-state index in [1.807, 2.05) is 0 Å². The van der Waals surface area contributed by atoms with Crippen molar-refractivity contribution in [2.75, 3.05) is 13.2 Å². The highest BCUT2D eigenvalue weighted by Crippen LogP contribution is 2.56. The molecule has 0 spiro atoms. The molecule has 1 aromatic carbocycles. The van der Waals surface area contributed by atoms with Crippen molar-refractivity contribution >= 4 is 29.3 Å². The highest BCUT2D eigenvalue weighted by atomic mass is 16.6. The average Bonchev–Trinajstić information content (AvgIpc) is 3.36. The smallest absolute Gasteiger partial charge is 0.326 e. The lowest BCUT2D eigenvalue weighted by Crippen LogP contribution is -2.38. The van der Waals surface area contributed by atoms with Gasteiger partial charge in [-0.05, 0) is 31.1 Å². The summed E-state index contributed by atoms with van der Waals surface area (Å²) in [6.07, 6.45) is 2.80. The Balaban J connectivity index is 1.34. The number of hydrogen-bond donors (Lipinski definition) is 0. The molecule has 1 aliphatic heterocycles. The van der Waals surface area contributed by atoms with Crippen LogP contribution < -0.4 is 0 Å². The van der Waals surface area contributed by atoms with Gasteiger partial charge < -0.3 is 4.74 Å². The molecule has 4 rings (SSSR count). The first-order valence-corrected chi connectivity index (χ1v) is 9.15. The third-order valence-electron chi connectivity index (χ3n) is 6.05. The fourth-order valence-electron chi connectivity index (χ4n) is 4.82. The van der Waals surface area contributed by atoms with Crippen molar-refractivity contribution < 1.29 is 28.8 Å². The van der Waals surface area contributed by atoms with Crippen LogP contribution in [0.1, 0.15) is 29.6 Å². The number of imide groups is 1. The lowest BCUT2D eigenvalue weighted by molar-refractivity contribution is -0.384. The summed E-state index contributed by atoms with van der Waals surface area (Å²) in [6.45, 7) is -1.12. The molecular formula is C19H18N2O7. The number of carbonyl (C=O) groups is 4. The number of hydrogen-bond acceptors (Lipinski definition) is 7. The predicted molar refractivity (Wildman–Crippen MR) is 92.9 cm³/mol. The van der Waals surface area contributed by atoms with Crippen molar-refractivity contribution in [1.82, 2.24) is 4.90 Å². The van der Waals surface area contributed by atoms with E-state index >= 15 is 0 Å². The first kappa shape index (κ1) is 18.3. The van der Waals surface area contributed by atoms with E-state index in [-0.39, 0.29) is 46.7 Å². The Kier molecular flexibility index (Phi) is 4.44. The molecule has 2 saturated carbocycles. The Morgan fingerprint density at radius 1 is 1.14 bits per heavy atom. The molecule has 3 aliphatic rings. The maximum Gasteiger partial charge on any atom is 0.326 e. The average molecular weight is 386 g/mol. The quantitative estimate of drug-likeness (QED) is 0.238. The molecule has 3 fully saturated rings. The van der Waals surface area contributed by atoms with E-state index in [4.69, 9.17) is 4.74 Å². The third-order valence-corrected chi connectivity index (χ3v) is 6.05. The van der Waals surface area contributed by atoms with Gasteiger partial charge in [-0.3, -0.25) is 34.2 Å². The summed E-state index contributed by atoms with van der Waals surface area (Å²) in [4.78, 5) is 60.4. The molecule has 1 heterocycles. The predicted octanol–water partition coefficient (Wildman–Crippen LogP) is 1.35. The van der Waals surface area contributed by atoms with Gasteiger partial charge in [0.2, 0.25) is 17.6 Å². The molecule has 1 aromatic rings. The summed E-state index contributed by atoms with van der Waals surface area (Å²) in [5, 5.41) is 10.8. The summed E-state index contributed by atoms with van der Waals surface area (Å²) in [6, 6.07) is 5.09. The Morgan fingerprint density at radius 2 is 1.79 bits per heavy atom. The second kappa shape index (κ2) is 6.81. The van der Waals surface area contributed by atoms with Crippen LogP contribution in [0.5, 0.6) is 0 Å². The number of amides is 2. The maximum absolute atomic E-state index is 12.6. The number of esters is 1.